The molecule has 0 bridgehead atoms. The van der Waals surface area contributed by atoms with Gasteiger partial charge in [-0.2, -0.15) is 0 Å². The van der Waals surface area contributed by atoms with E-state index in [1.807, 2.05) is 6.92 Å². The van der Waals surface area contributed by atoms with Crippen molar-refractivity contribution in [2.45, 2.75) is 85.0 Å². The largest absolute Gasteiger partial charge is 0.423 e. The number of carbonyl (C=O) groups excluding carboxylic acids is 2. The molecule has 0 saturated carbocycles. The number of esters is 2. The van der Waals surface area contributed by atoms with E-state index < -0.39 is 0 Å². The maximum absolute atomic E-state index is 12.0. The summed E-state index contributed by atoms with van der Waals surface area (Å²) in [6.07, 6.45) is 9.61. The van der Waals surface area contributed by atoms with Gasteiger partial charge in [-0.1, -0.05) is 71.4 Å². The van der Waals surface area contributed by atoms with Crippen LogP contribution in [0.4, 0.5) is 0 Å². The predicted molar refractivity (Wildman–Crippen MR) is 104 cm³/mol. The van der Waals surface area contributed by atoms with E-state index >= 15 is 0 Å². The number of rotatable bonds is 13. The minimum absolute atomic E-state index is 0.274. The quantitative estimate of drug-likeness (QED) is 0.243. The van der Waals surface area contributed by atoms with E-state index in [4.69, 9.17) is 9.47 Å². The third-order valence-corrected chi connectivity index (χ3v) is 4.16. The molecule has 1 aromatic rings. The van der Waals surface area contributed by atoms with Crippen molar-refractivity contribution >= 4 is 11.9 Å². The van der Waals surface area contributed by atoms with E-state index in [-0.39, 0.29) is 11.9 Å². The van der Waals surface area contributed by atoms with Crippen molar-refractivity contribution < 1.29 is 19.1 Å². The molecule has 26 heavy (non-hydrogen) atoms. The minimum atomic E-state index is -0.312. The fourth-order valence-electron chi connectivity index (χ4n) is 2.70. The van der Waals surface area contributed by atoms with E-state index in [0.29, 0.717) is 24.3 Å². The summed E-state index contributed by atoms with van der Waals surface area (Å²) < 4.78 is 10.6. The van der Waals surface area contributed by atoms with Crippen molar-refractivity contribution in [1.82, 2.24) is 0 Å². The standard InChI is InChI=1S/C22H34O4/c1-4-13-21(23)25-19-15-11-12-16-20(19)26-22(24)17-10-8-6-5-7-9-14-18(2)3/h11-12,15-16,18H,4-10,13-14,17H2,1-3H3. The second kappa shape index (κ2) is 13.4. The topological polar surface area (TPSA) is 52.6 Å². The van der Waals surface area contributed by atoms with Crippen LogP contribution < -0.4 is 9.47 Å². The Morgan fingerprint density at radius 1 is 0.808 bits per heavy atom. The Bertz CT molecular complexity index is 537. The van der Waals surface area contributed by atoms with E-state index in [9.17, 15) is 9.59 Å². The number of hydrogen-bond acceptors (Lipinski definition) is 4. The zero-order chi connectivity index (χ0) is 19.2. The zero-order valence-corrected chi connectivity index (χ0v) is 16.6. The van der Waals surface area contributed by atoms with Gasteiger partial charge in [0.15, 0.2) is 11.5 Å². The summed E-state index contributed by atoms with van der Waals surface area (Å²) in [5, 5.41) is 0. The molecule has 1 aromatic carbocycles. The number of para-hydroxylation sites is 2. The van der Waals surface area contributed by atoms with Gasteiger partial charge in [-0.3, -0.25) is 9.59 Å². The van der Waals surface area contributed by atoms with Crippen molar-refractivity contribution in [3.8, 4) is 11.5 Å². The maximum atomic E-state index is 12.0. The van der Waals surface area contributed by atoms with Gasteiger partial charge >= 0.3 is 11.9 Å². The zero-order valence-electron chi connectivity index (χ0n) is 16.6. The summed E-state index contributed by atoms with van der Waals surface area (Å²) >= 11 is 0. The normalized spacial score (nSPS) is 10.8. The average molecular weight is 363 g/mol. The van der Waals surface area contributed by atoms with E-state index in [0.717, 1.165) is 31.6 Å². The second-order valence-electron chi connectivity index (χ2n) is 7.20. The highest BCUT2D eigenvalue weighted by Crippen LogP contribution is 2.27. The first-order valence-corrected chi connectivity index (χ1v) is 10.0. The van der Waals surface area contributed by atoms with Crippen LogP contribution in [0.1, 0.15) is 85.0 Å². The van der Waals surface area contributed by atoms with Crippen LogP contribution in [0.5, 0.6) is 11.5 Å². The number of carbonyl (C=O) groups is 2. The number of benzene rings is 1. The van der Waals surface area contributed by atoms with Crippen molar-refractivity contribution in [2.24, 2.45) is 5.92 Å². The molecule has 0 spiro atoms. The third-order valence-electron chi connectivity index (χ3n) is 4.16. The Morgan fingerprint density at radius 3 is 1.85 bits per heavy atom. The van der Waals surface area contributed by atoms with Gasteiger partial charge in [-0.15, -0.1) is 0 Å². The number of ether oxygens (including phenoxy) is 2. The van der Waals surface area contributed by atoms with Crippen LogP contribution in [-0.2, 0) is 9.59 Å². The lowest BCUT2D eigenvalue weighted by Gasteiger charge is -2.10. The van der Waals surface area contributed by atoms with Crippen LogP contribution in [0.15, 0.2) is 24.3 Å². The van der Waals surface area contributed by atoms with Gasteiger partial charge in [-0.25, -0.2) is 0 Å². The molecule has 0 N–H and O–H groups in total. The van der Waals surface area contributed by atoms with Crippen LogP contribution in [-0.4, -0.2) is 11.9 Å². The molecule has 0 amide bonds. The van der Waals surface area contributed by atoms with Crippen molar-refractivity contribution in [2.75, 3.05) is 0 Å². The molecule has 0 aliphatic heterocycles. The summed E-state index contributed by atoms with van der Waals surface area (Å²) in [5.41, 5.74) is 0. The lowest BCUT2D eigenvalue weighted by atomic mass is 10.0. The molecule has 0 aliphatic rings. The molecular weight excluding hydrogens is 328 g/mol. The van der Waals surface area contributed by atoms with Gasteiger partial charge < -0.3 is 9.47 Å². The lowest BCUT2D eigenvalue weighted by molar-refractivity contribution is -0.137. The fraction of sp³-hybridized carbons (Fsp3) is 0.636. The lowest BCUT2D eigenvalue weighted by Crippen LogP contribution is -2.11. The van der Waals surface area contributed by atoms with Crippen LogP contribution in [0, 0.1) is 5.92 Å². The number of unbranched alkanes of at least 4 members (excludes halogenated alkanes) is 5. The summed E-state index contributed by atoms with van der Waals surface area (Å²) in [6, 6.07) is 6.82. The van der Waals surface area contributed by atoms with Gasteiger partial charge in [-0.05, 0) is 30.9 Å². The van der Waals surface area contributed by atoms with Gasteiger partial charge in [0.2, 0.25) is 0 Å². The molecule has 0 fully saturated rings. The molecule has 0 atom stereocenters. The molecule has 0 aromatic heterocycles. The van der Waals surface area contributed by atoms with E-state index in [1.165, 1.54) is 25.7 Å². The smallest absolute Gasteiger partial charge is 0.311 e. The van der Waals surface area contributed by atoms with Crippen molar-refractivity contribution in [3.05, 3.63) is 24.3 Å². The van der Waals surface area contributed by atoms with Crippen LogP contribution in [0.2, 0.25) is 0 Å². The SMILES string of the molecule is CCCC(=O)Oc1ccccc1OC(=O)CCCCCCCCC(C)C. The first-order valence-electron chi connectivity index (χ1n) is 10.0. The molecule has 0 aliphatic carbocycles. The minimum Gasteiger partial charge on any atom is -0.423 e. The third kappa shape index (κ3) is 10.2. The first-order chi connectivity index (χ1) is 12.5. The summed E-state index contributed by atoms with van der Waals surface area (Å²) in [5.74, 6) is 0.825. The van der Waals surface area contributed by atoms with E-state index in [1.54, 1.807) is 24.3 Å². The predicted octanol–water partition coefficient (Wildman–Crippen LogP) is 6.07. The molecule has 0 radical (unpaired) electrons. The van der Waals surface area contributed by atoms with Crippen LogP contribution in [0.3, 0.4) is 0 Å². The molecule has 146 valence electrons. The summed E-state index contributed by atoms with van der Waals surface area (Å²) in [7, 11) is 0. The monoisotopic (exact) mass is 362 g/mol. The summed E-state index contributed by atoms with van der Waals surface area (Å²) in [4.78, 5) is 23.7. The fourth-order valence-corrected chi connectivity index (χ4v) is 2.70. The van der Waals surface area contributed by atoms with Crippen LogP contribution >= 0.6 is 0 Å². The maximum Gasteiger partial charge on any atom is 0.311 e. The van der Waals surface area contributed by atoms with Gasteiger partial charge in [0.05, 0.1) is 0 Å². The Labute approximate surface area is 158 Å². The molecule has 0 heterocycles. The molecule has 0 saturated heterocycles. The Hall–Kier alpha value is -1.84. The molecule has 0 unspecified atom stereocenters. The Balaban J connectivity index is 2.26. The van der Waals surface area contributed by atoms with Gasteiger partial charge in [0.1, 0.15) is 0 Å². The number of hydrogen-bond donors (Lipinski definition) is 0. The summed E-state index contributed by atoms with van der Waals surface area (Å²) in [6.45, 7) is 6.43. The Morgan fingerprint density at radius 2 is 1.31 bits per heavy atom. The highest BCUT2D eigenvalue weighted by Gasteiger charge is 2.12. The second-order valence-corrected chi connectivity index (χ2v) is 7.20. The Kier molecular flexibility index (Phi) is 11.4. The van der Waals surface area contributed by atoms with E-state index in [2.05, 4.69) is 13.8 Å². The molecule has 4 nitrogen and oxygen atoms in total. The van der Waals surface area contributed by atoms with Gasteiger partial charge in [0.25, 0.3) is 0 Å². The molecule has 4 heteroatoms. The molecular formula is C22H34O4. The van der Waals surface area contributed by atoms with Crippen LogP contribution in [0.25, 0.3) is 0 Å². The van der Waals surface area contributed by atoms with Crippen molar-refractivity contribution in [1.29, 1.82) is 0 Å². The van der Waals surface area contributed by atoms with Gasteiger partial charge in [0, 0.05) is 12.8 Å². The van der Waals surface area contributed by atoms with Crippen molar-refractivity contribution in [3.63, 3.8) is 0 Å². The first kappa shape index (κ1) is 22.2. The molecule has 1 rings (SSSR count). The average Bonchev–Trinajstić information content (AvgIpc) is 2.59. The highest BCUT2D eigenvalue weighted by molar-refractivity contribution is 5.76. The highest BCUT2D eigenvalue weighted by atomic mass is 16.6.